The van der Waals surface area contributed by atoms with Crippen molar-refractivity contribution < 1.29 is 19.6 Å². The van der Waals surface area contributed by atoms with Crippen LogP contribution in [0.15, 0.2) is 42.5 Å². The Bertz CT molecular complexity index is 1410. The normalized spacial score (nSPS) is 12.6. The molecule has 0 radical (unpaired) electrons. The number of imidazole rings is 1. The number of nitrogens with one attached hydrogen (secondary N) is 2. The Hall–Kier alpha value is -4.00. The Morgan fingerprint density at radius 3 is 2.79 bits per heavy atom. The number of hydrogen-bond acceptors (Lipinski definition) is 9. The van der Waals surface area contributed by atoms with E-state index in [0.717, 1.165) is 16.8 Å². The van der Waals surface area contributed by atoms with Crippen LogP contribution < -0.4 is 26.6 Å². The van der Waals surface area contributed by atoms with E-state index in [-0.39, 0.29) is 11.6 Å². The molecule has 4 aromatic rings. The lowest BCUT2D eigenvalue weighted by molar-refractivity contribution is 0.100. The Balaban J connectivity index is 1.58. The molecule has 3 heterocycles. The molecule has 5 rings (SSSR count). The number of fused-ring (bicyclic) bond motifs is 2. The van der Waals surface area contributed by atoms with E-state index < -0.39 is 13.0 Å². The summed E-state index contributed by atoms with van der Waals surface area (Å²) in [5.41, 5.74) is 9.87. The second kappa shape index (κ2) is 8.74. The van der Waals surface area contributed by atoms with Crippen LogP contribution in [-0.2, 0) is 19.6 Å². The fraction of sp³-hybridized carbons (Fsp3) is 0.182. The average Bonchev–Trinajstić information content (AvgIpc) is 3.46. The number of aromatic nitrogens is 4. The maximum Gasteiger partial charge on any atom is 0.488 e. The number of amides is 1. The Morgan fingerprint density at radius 2 is 2.03 bits per heavy atom. The van der Waals surface area contributed by atoms with E-state index in [4.69, 9.17) is 20.4 Å². The van der Waals surface area contributed by atoms with Crippen LogP contribution in [-0.4, -0.2) is 49.7 Å². The monoisotopic (exact) mass is 459 g/mol. The van der Waals surface area contributed by atoms with E-state index in [1.165, 1.54) is 7.11 Å². The molecule has 2 aromatic heterocycles. The summed E-state index contributed by atoms with van der Waals surface area (Å²) in [6, 6.07) is 12.4. The summed E-state index contributed by atoms with van der Waals surface area (Å²) < 4.78 is 7.13. The molecule has 0 atom stereocenters. The van der Waals surface area contributed by atoms with Gasteiger partial charge in [0.25, 0.3) is 5.91 Å². The Morgan fingerprint density at radius 1 is 1.21 bits per heavy atom. The molecule has 172 valence electrons. The van der Waals surface area contributed by atoms with Gasteiger partial charge in [-0.15, -0.1) is 0 Å². The molecular weight excluding hydrogens is 437 g/mol. The Labute approximate surface area is 194 Å². The number of para-hydroxylation sites is 1. The van der Waals surface area contributed by atoms with Gasteiger partial charge in [0.05, 0.1) is 23.9 Å². The van der Waals surface area contributed by atoms with Gasteiger partial charge in [-0.1, -0.05) is 30.3 Å². The van der Waals surface area contributed by atoms with E-state index in [2.05, 4.69) is 15.6 Å². The molecule has 0 fully saturated rings. The fourth-order valence-electron chi connectivity index (χ4n) is 4.06. The molecule has 0 aliphatic carbocycles. The lowest BCUT2D eigenvalue weighted by Crippen LogP contribution is -2.30. The van der Waals surface area contributed by atoms with Crippen molar-refractivity contribution in [1.29, 1.82) is 0 Å². The highest BCUT2D eigenvalue weighted by Crippen LogP contribution is 2.29. The first-order chi connectivity index (χ1) is 16.5. The van der Waals surface area contributed by atoms with Gasteiger partial charge in [0.1, 0.15) is 11.3 Å². The van der Waals surface area contributed by atoms with Crippen LogP contribution in [0.3, 0.4) is 0 Å². The van der Waals surface area contributed by atoms with Gasteiger partial charge in [0.15, 0.2) is 0 Å². The number of rotatable bonds is 7. The number of carbonyl (C=O) groups is 1. The maximum absolute atomic E-state index is 11.9. The number of primary amides is 1. The van der Waals surface area contributed by atoms with Crippen LogP contribution in [0.1, 0.15) is 27.2 Å². The number of benzene rings is 2. The minimum Gasteiger partial charge on any atom is -0.468 e. The summed E-state index contributed by atoms with van der Waals surface area (Å²) in [4.78, 5) is 25.8. The van der Waals surface area contributed by atoms with Gasteiger partial charge in [-0.2, -0.15) is 9.97 Å². The third kappa shape index (κ3) is 3.83. The molecule has 0 unspecified atom stereocenters. The van der Waals surface area contributed by atoms with Crippen LogP contribution in [0, 0.1) is 0 Å². The second-order valence-electron chi connectivity index (χ2n) is 7.84. The SMILES string of the molecule is COc1nc2c(C(N)=O)cccc2n1-c1nc2c(c(NCc3cccc(B(O)O)c3)n1)CNC2. The zero-order valence-electron chi connectivity index (χ0n) is 18.3. The van der Waals surface area contributed by atoms with Crippen molar-refractivity contribution in [2.75, 3.05) is 12.4 Å². The lowest BCUT2D eigenvalue weighted by Gasteiger charge is -2.14. The van der Waals surface area contributed by atoms with Gasteiger partial charge < -0.3 is 31.2 Å². The third-order valence-electron chi connectivity index (χ3n) is 5.69. The summed E-state index contributed by atoms with van der Waals surface area (Å²) in [5.74, 6) is 0.384. The number of ether oxygens (including phenoxy) is 1. The average molecular weight is 459 g/mol. The van der Waals surface area contributed by atoms with Crippen molar-refractivity contribution >= 4 is 35.3 Å². The topological polar surface area (TPSA) is 160 Å². The van der Waals surface area contributed by atoms with Gasteiger partial charge in [0.2, 0.25) is 5.95 Å². The molecule has 0 spiro atoms. The highest BCUT2D eigenvalue weighted by molar-refractivity contribution is 6.58. The summed E-state index contributed by atoms with van der Waals surface area (Å²) in [6.07, 6.45) is 0. The highest BCUT2D eigenvalue weighted by atomic mass is 16.5. The van der Waals surface area contributed by atoms with Gasteiger partial charge in [-0.05, 0) is 23.2 Å². The standard InChI is InChI=1S/C22H22BN7O4/c1-34-22-28-18-14(19(24)31)6-3-7-17(18)30(22)21-27-16-11-25-10-15(16)20(29-21)26-9-12-4-2-5-13(8-12)23(32)33/h2-8,25,32-33H,9-11H2,1H3,(H2,24,31)(H,26,27,29). The fourth-order valence-corrected chi connectivity index (χ4v) is 4.06. The molecule has 6 N–H and O–H groups in total. The number of carbonyl (C=O) groups excluding carboxylic acids is 1. The molecule has 1 aliphatic rings. The first-order valence-electron chi connectivity index (χ1n) is 10.6. The number of nitrogens with two attached hydrogens (primary N) is 1. The maximum atomic E-state index is 11.9. The smallest absolute Gasteiger partial charge is 0.468 e. The van der Waals surface area contributed by atoms with Gasteiger partial charge >= 0.3 is 13.1 Å². The van der Waals surface area contributed by atoms with Crippen LogP contribution in [0.25, 0.3) is 17.0 Å². The van der Waals surface area contributed by atoms with Gasteiger partial charge in [0, 0.05) is 25.2 Å². The number of methoxy groups -OCH3 is 1. The van der Waals surface area contributed by atoms with Crippen molar-refractivity contribution in [2.24, 2.45) is 5.73 Å². The van der Waals surface area contributed by atoms with Crippen molar-refractivity contribution in [2.45, 2.75) is 19.6 Å². The second-order valence-corrected chi connectivity index (χ2v) is 7.84. The summed E-state index contributed by atoms with van der Waals surface area (Å²) in [7, 11) is -0.0514. The molecule has 0 saturated carbocycles. The van der Waals surface area contributed by atoms with Crippen LogP contribution >= 0.6 is 0 Å². The minimum absolute atomic E-state index is 0.227. The van der Waals surface area contributed by atoms with E-state index >= 15 is 0 Å². The first kappa shape index (κ1) is 21.8. The predicted octanol–water partition coefficient (Wildman–Crippen LogP) is -0.182. The summed E-state index contributed by atoms with van der Waals surface area (Å²) >= 11 is 0. The molecular formula is C22H22BN7O4. The summed E-state index contributed by atoms with van der Waals surface area (Å²) in [6.45, 7) is 1.60. The molecule has 1 aliphatic heterocycles. The van der Waals surface area contributed by atoms with E-state index in [9.17, 15) is 14.8 Å². The van der Waals surface area contributed by atoms with Gasteiger partial charge in [-0.3, -0.25) is 4.79 Å². The highest BCUT2D eigenvalue weighted by Gasteiger charge is 2.24. The van der Waals surface area contributed by atoms with Crippen LogP contribution in [0.2, 0.25) is 0 Å². The first-order valence-corrected chi connectivity index (χ1v) is 10.6. The predicted molar refractivity (Wildman–Crippen MR) is 126 cm³/mol. The summed E-state index contributed by atoms with van der Waals surface area (Å²) in [5, 5.41) is 25.5. The van der Waals surface area contributed by atoms with Crippen molar-refractivity contribution in [3.63, 3.8) is 0 Å². The van der Waals surface area contributed by atoms with Crippen molar-refractivity contribution in [1.82, 2.24) is 24.8 Å². The Kier molecular flexibility index (Phi) is 5.61. The molecule has 0 saturated heterocycles. The molecule has 12 heteroatoms. The van der Waals surface area contributed by atoms with Crippen molar-refractivity contribution in [3.8, 4) is 12.0 Å². The van der Waals surface area contributed by atoms with Crippen LogP contribution in [0.5, 0.6) is 6.01 Å². The minimum atomic E-state index is -1.54. The molecule has 0 bridgehead atoms. The van der Waals surface area contributed by atoms with Gasteiger partial charge in [-0.25, -0.2) is 9.55 Å². The lowest BCUT2D eigenvalue weighted by atomic mass is 9.80. The molecule has 34 heavy (non-hydrogen) atoms. The van der Waals surface area contributed by atoms with E-state index in [0.29, 0.717) is 47.9 Å². The number of hydrogen-bond donors (Lipinski definition) is 5. The zero-order valence-corrected chi connectivity index (χ0v) is 18.3. The number of anilines is 1. The number of nitrogens with zero attached hydrogens (tertiary/aromatic N) is 4. The molecule has 11 nitrogen and oxygen atoms in total. The van der Waals surface area contributed by atoms with Crippen LogP contribution in [0.4, 0.5) is 5.82 Å². The molecule has 1 amide bonds. The largest absolute Gasteiger partial charge is 0.488 e. The van der Waals surface area contributed by atoms with Crippen molar-refractivity contribution in [3.05, 3.63) is 64.8 Å². The zero-order chi connectivity index (χ0) is 23.8. The quantitative estimate of drug-likeness (QED) is 0.236. The van der Waals surface area contributed by atoms with E-state index in [1.807, 2.05) is 6.07 Å². The third-order valence-corrected chi connectivity index (χ3v) is 5.69. The van der Waals surface area contributed by atoms with E-state index in [1.54, 1.807) is 41.0 Å². The molecule has 2 aromatic carbocycles.